The van der Waals surface area contributed by atoms with Crippen molar-refractivity contribution in [2.45, 2.75) is 335 Å². The van der Waals surface area contributed by atoms with E-state index in [2.05, 4.69) is 34.6 Å². The molecule has 19 heteroatoms. The van der Waals surface area contributed by atoms with Crippen molar-refractivity contribution in [1.82, 2.24) is 0 Å². The number of ether oxygens (including phenoxy) is 4. The van der Waals surface area contributed by atoms with Gasteiger partial charge in [-0.2, -0.15) is 0 Å². The van der Waals surface area contributed by atoms with Crippen LogP contribution in [-0.4, -0.2) is 96.7 Å². The predicted octanol–water partition coefficient (Wildman–Crippen LogP) is 17.4. The Morgan fingerprint density at radius 1 is 0.329 bits per heavy atom. The van der Waals surface area contributed by atoms with E-state index in [1.54, 1.807) is 0 Å². The average Bonchev–Trinajstić information content (AvgIpc) is 3.46. The van der Waals surface area contributed by atoms with Crippen LogP contribution in [0.15, 0.2) is 0 Å². The third-order valence-electron chi connectivity index (χ3n) is 14.5. The zero-order chi connectivity index (χ0) is 60.6. The fraction of sp³-hybridized carbons (Fsp3) is 0.937. The summed E-state index contributed by atoms with van der Waals surface area (Å²) in [5, 5.41) is 10.5. The third-order valence-corrected chi connectivity index (χ3v) is 16.4. The first kappa shape index (κ1) is 80.1. The number of hydrogen-bond donors (Lipinski definition) is 3. The Hall–Kier alpha value is -1.94. The van der Waals surface area contributed by atoms with Crippen molar-refractivity contribution in [2.24, 2.45) is 5.92 Å². The number of phosphoric ester groups is 2. The molecule has 0 aliphatic heterocycles. The second kappa shape index (κ2) is 56.8. The molecule has 0 saturated heterocycles. The fourth-order valence-electron chi connectivity index (χ4n) is 9.41. The lowest BCUT2D eigenvalue weighted by molar-refractivity contribution is -0.161. The lowest BCUT2D eigenvalue weighted by atomic mass is 10.0. The summed E-state index contributed by atoms with van der Waals surface area (Å²) >= 11 is 0. The number of aliphatic hydroxyl groups excluding tert-OH is 1. The second-order valence-corrected chi connectivity index (χ2v) is 26.2. The van der Waals surface area contributed by atoms with Gasteiger partial charge in [0.05, 0.1) is 26.4 Å². The molecule has 0 aromatic carbocycles. The molecular weight excluding hydrogens is 1090 g/mol. The number of carbonyl (C=O) groups is 4. The molecule has 0 aromatic rings. The van der Waals surface area contributed by atoms with E-state index in [1.807, 2.05) is 0 Å². The lowest BCUT2D eigenvalue weighted by Gasteiger charge is -2.21. The molecule has 5 atom stereocenters. The summed E-state index contributed by atoms with van der Waals surface area (Å²) in [5.74, 6) is -1.47. The van der Waals surface area contributed by atoms with Crippen LogP contribution in [0, 0.1) is 5.92 Å². The van der Waals surface area contributed by atoms with Crippen LogP contribution in [0.3, 0.4) is 0 Å². The number of hydrogen-bond acceptors (Lipinski definition) is 15. The number of aliphatic hydroxyl groups is 1. The van der Waals surface area contributed by atoms with Crippen LogP contribution in [0.1, 0.15) is 317 Å². The minimum atomic E-state index is -4.94. The van der Waals surface area contributed by atoms with Gasteiger partial charge < -0.3 is 33.8 Å². The Morgan fingerprint density at radius 3 is 0.829 bits per heavy atom. The summed E-state index contributed by atoms with van der Waals surface area (Å²) in [4.78, 5) is 72.1. The van der Waals surface area contributed by atoms with Gasteiger partial charge in [-0.3, -0.25) is 37.3 Å². The van der Waals surface area contributed by atoms with Crippen molar-refractivity contribution in [3.05, 3.63) is 0 Å². The molecule has 17 nitrogen and oxygen atoms in total. The highest BCUT2D eigenvalue weighted by atomic mass is 31.2. The number of rotatable bonds is 63. The van der Waals surface area contributed by atoms with Crippen LogP contribution >= 0.6 is 15.6 Å². The van der Waals surface area contributed by atoms with Gasteiger partial charge >= 0.3 is 39.5 Å². The maximum absolute atomic E-state index is 13.0. The quantitative estimate of drug-likeness (QED) is 0.0222. The zero-order valence-electron chi connectivity index (χ0n) is 52.6. The molecule has 0 amide bonds. The zero-order valence-corrected chi connectivity index (χ0v) is 54.4. The van der Waals surface area contributed by atoms with E-state index in [-0.39, 0.29) is 25.7 Å². The smallest absolute Gasteiger partial charge is 0.462 e. The summed E-state index contributed by atoms with van der Waals surface area (Å²) in [5.41, 5.74) is 0. The monoisotopic (exact) mass is 1210 g/mol. The molecule has 0 spiro atoms. The van der Waals surface area contributed by atoms with E-state index in [9.17, 15) is 43.2 Å². The molecule has 0 aliphatic rings. The predicted molar refractivity (Wildman–Crippen MR) is 326 cm³/mol. The van der Waals surface area contributed by atoms with Crippen molar-refractivity contribution < 1.29 is 80.2 Å². The van der Waals surface area contributed by atoms with Crippen molar-refractivity contribution in [1.29, 1.82) is 0 Å². The Labute approximate surface area is 498 Å². The first-order chi connectivity index (χ1) is 39.5. The van der Waals surface area contributed by atoms with Crippen LogP contribution in [0.25, 0.3) is 0 Å². The van der Waals surface area contributed by atoms with Gasteiger partial charge in [-0.25, -0.2) is 9.13 Å². The lowest BCUT2D eigenvalue weighted by Crippen LogP contribution is -2.30. The fourth-order valence-corrected chi connectivity index (χ4v) is 11.0. The highest BCUT2D eigenvalue weighted by Gasteiger charge is 2.30. The largest absolute Gasteiger partial charge is 0.472 e. The van der Waals surface area contributed by atoms with Crippen LogP contribution < -0.4 is 0 Å². The number of unbranched alkanes of at least 4 members (excludes halogenated alkanes) is 35. The van der Waals surface area contributed by atoms with Gasteiger partial charge in [0.2, 0.25) is 0 Å². The molecule has 0 heterocycles. The molecule has 0 saturated carbocycles. The van der Waals surface area contributed by atoms with Gasteiger partial charge in [0.25, 0.3) is 0 Å². The minimum absolute atomic E-state index is 0.102. The van der Waals surface area contributed by atoms with Gasteiger partial charge in [-0.05, 0) is 31.6 Å². The topological polar surface area (TPSA) is 237 Å². The Morgan fingerprint density at radius 2 is 0.561 bits per heavy atom. The van der Waals surface area contributed by atoms with Gasteiger partial charge in [0.15, 0.2) is 12.2 Å². The molecule has 0 radical (unpaired) electrons. The van der Waals surface area contributed by atoms with E-state index in [4.69, 9.17) is 37.0 Å². The minimum Gasteiger partial charge on any atom is -0.462 e. The number of carbonyl (C=O) groups excluding carboxylic acids is 4. The molecular formula is C63H122O17P2. The van der Waals surface area contributed by atoms with Crippen LogP contribution in [0.4, 0.5) is 0 Å². The van der Waals surface area contributed by atoms with Crippen LogP contribution in [-0.2, 0) is 65.4 Å². The molecule has 0 fully saturated rings. The standard InChI is InChI=1S/C63H122O17P2/c1-6-9-12-15-18-21-23-24-26-29-32-38-43-48-62(67)79-58(52-74-61(66)47-42-37-31-28-25-22-19-16-13-10-7-2)54-77-81(69,70)75-50-57(64)51-76-82(71,72)78-55-59(80-63(68)49-44-39-34-33-35-40-45-56(4)5)53-73-60(65)46-41-36-30-27-20-17-14-11-8-3/h56-59,64H,6-55H2,1-5H3,(H,69,70)(H,71,72)/t57-,58-,59-/m1/s1. The van der Waals surface area contributed by atoms with Crippen molar-refractivity contribution >= 4 is 39.5 Å². The van der Waals surface area contributed by atoms with Crippen LogP contribution in [0.5, 0.6) is 0 Å². The second-order valence-electron chi connectivity index (χ2n) is 23.3. The van der Waals surface area contributed by atoms with E-state index in [1.165, 1.54) is 141 Å². The summed E-state index contributed by atoms with van der Waals surface area (Å²) in [6, 6.07) is 0. The molecule has 0 aromatic heterocycles. The summed E-state index contributed by atoms with van der Waals surface area (Å²) < 4.78 is 67.9. The number of phosphoric acid groups is 2. The van der Waals surface area contributed by atoms with Gasteiger partial charge in [-0.15, -0.1) is 0 Å². The van der Waals surface area contributed by atoms with Gasteiger partial charge in [0, 0.05) is 25.7 Å². The summed E-state index contributed by atoms with van der Waals surface area (Å²) in [6.45, 7) is 7.08. The van der Waals surface area contributed by atoms with Gasteiger partial charge in [-0.1, -0.05) is 266 Å². The Kier molecular flexibility index (Phi) is 55.5. The van der Waals surface area contributed by atoms with E-state index < -0.39 is 97.5 Å². The van der Waals surface area contributed by atoms with E-state index in [0.717, 1.165) is 89.9 Å². The Balaban J connectivity index is 5.23. The average molecular weight is 1210 g/mol. The van der Waals surface area contributed by atoms with E-state index in [0.29, 0.717) is 31.6 Å². The third kappa shape index (κ3) is 57.2. The number of esters is 4. The SMILES string of the molecule is CCCCCCCCCCCCCCCC(=O)O[C@H](COC(=O)CCCCCCCCCCCCC)COP(=O)(O)OC[C@@H](O)COP(=O)(O)OC[C@@H](COC(=O)CCCCCCCCCCC)OC(=O)CCCCCCCCC(C)C. The first-order valence-electron chi connectivity index (χ1n) is 33.1. The highest BCUT2D eigenvalue weighted by molar-refractivity contribution is 7.47. The maximum Gasteiger partial charge on any atom is 0.472 e. The molecule has 0 aliphatic carbocycles. The molecule has 82 heavy (non-hydrogen) atoms. The van der Waals surface area contributed by atoms with Crippen LogP contribution in [0.2, 0.25) is 0 Å². The normalized spacial score (nSPS) is 14.3. The molecule has 486 valence electrons. The molecule has 2 unspecified atom stereocenters. The van der Waals surface area contributed by atoms with E-state index >= 15 is 0 Å². The van der Waals surface area contributed by atoms with Crippen molar-refractivity contribution in [3.63, 3.8) is 0 Å². The Bertz CT molecular complexity index is 1600. The first-order valence-corrected chi connectivity index (χ1v) is 36.1. The van der Waals surface area contributed by atoms with Crippen molar-refractivity contribution in [3.8, 4) is 0 Å². The molecule has 0 rings (SSSR count). The molecule has 3 N–H and O–H groups in total. The van der Waals surface area contributed by atoms with Gasteiger partial charge in [0.1, 0.15) is 19.3 Å². The van der Waals surface area contributed by atoms with Crippen molar-refractivity contribution in [2.75, 3.05) is 39.6 Å². The maximum atomic E-state index is 13.0. The summed E-state index contributed by atoms with van der Waals surface area (Å²) in [6.07, 6.45) is 40.4. The molecule has 0 bridgehead atoms. The highest BCUT2D eigenvalue weighted by Crippen LogP contribution is 2.45. The summed E-state index contributed by atoms with van der Waals surface area (Å²) in [7, 11) is -9.88.